The standard InChI is InChI=1S/C22H29FN6O3/c1-2-24-22(31)29-11-3-4-18(29)21-25-19(32-26-21)9-10-20(30)28-14-12-27(13-15-28)17-7-5-16(23)6-8-17/h5-8,18H,2-4,9-15H2,1H3,(H,24,31). The van der Waals surface area contributed by atoms with Gasteiger partial charge in [-0.25, -0.2) is 9.18 Å². The van der Waals surface area contributed by atoms with Crippen LogP contribution < -0.4 is 10.2 Å². The third-order valence-corrected chi connectivity index (χ3v) is 6.00. The molecule has 0 spiro atoms. The Morgan fingerprint density at radius 1 is 1.16 bits per heavy atom. The van der Waals surface area contributed by atoms with Crippen molar-refractivity contribution >= 4 is 17.6 Å². The number of nitrogens with one attached hydrogen (secondary N) is 1. The first kappa shape index (κ1) is 22.0. The van der Waals surface area contributed by atoms with Crippen molar-refractivity contribution in [1.29, 1.82) is 0 Å². The second kappa shape index (κ2) is 9.97. The molecule has 0 aliphatic carbocycles. The normalized spacial score (nSPS) is 18.8. The minimum atomic E-state index is -0.253. The minimum Gasteiger partial charge on any atom is -0.368 e. The van der Waals surface area contributed by atoms with E-state index >= 15 is 0 Å². The summed E-state index contributed by atoms with van der Waals surface area (Å²) in [5.74, 6) is 0.718. The number of aryl methyl sites for hydroxylation is 1. The Morgan fingerprint density at radius 3 is 2.62 bits per heavy atom. The van der Waals surface area contributed by atoms with Crippen molar-refractivity contribution in [1.82, 2.24) is 25.3 Å². The first-order valence-corrected chi connectivity index (χ1v) is 11.2. The van der Waals surface area contributed by atoms with Crippen LogP contribution in [-0.2, 0) is 11.2 Å². The van der Waals surface area contributed by atoms with Gasteiger partial charge in [-0.3, -0.25) is 4.79 Å². The third kappa shape index (κ3) is 5.00. The molecule has 0 saturated carbocycles. The maximum atomic E-state index is 13.1. The van der Waals surface area contributed by atoms with Crippen LogP contribution in [0.4, 0.5) is 14.9 Å². The number of carbonyl (C=O) groups is 2. The molecule has 1 N–H and O–H groups in total. The highest BCUT2D eigenvalue weighted by atomic mass is 19.1. The fourth-order valence-corrected chi connectivity index (χ4v) is 4.27. The molecule has 2 aliphatic rings. The smallest absolute Gasteiger partial charge is 0.318 e. The fraction of sp³-hybridized carbons (Fsp3) is 0.545. The van der Waals surface area contributed by atoms with Crippen molar-refractivity contribution in [3.8, 4) is 0 Å². The largest absolute Gasteiger partial charge is 0.368 e. The predicted molar refractivity (Wildman–Crippen MR) is 116 cm³/mol. The summed E-state index contributed by atoms with van der Waals surface area (Å²) in [6.45, 7) is 5.78. The van der Waals surface area contributed by atoms with Gasteiger partial charge in [-0.15, -0.1) is 0 Å². The van der Waals surface area contributed by atoms with Gasteiger partial charge in [0.2, 0.25) is 11.8 Å². The van der Waals surface area contributed by atoms with Crippen LogP contribution in [-0.4, -0.2) is 71.1 Å². The molecule has 0 radical (unpaired) electrons. The highest BCUT2D eigenvalue weighted by molar-refractivity contribution is 5.76. The van der Waals surface area contributed by atoms with E-state index in [1.54, 1.807) is 17.0 Å². The Hall–Kier alpha value is -3.17. The average molecular weight is 445 g/mol. The number of benzene rings is 1. The number of piperazine rings is 1. The molecule has 9 nitrogen and oxygen atoms in total. The zero-order valence-electron chi connectivity index (χ0n) is 18.3. The molecule has 1 unspecified atom stereocenters. The van der Waals surface area contributed by atoms with Gasteiger partial charge in [0, 0.05) is 57.8 Å². The van der Waals surface area contributed by atoms with Gasteiger partial charge in [0.15, 0.2) is 5.82 Å². The Balaban J connectivity index is 1.26. The molecule has 2 aliphatic heterocycles. The summed E-state index contributed by atoms with van der Waals surface area (Å²) in [6.07, 6.45) is 2.36. The van der Waals surface area contributed by atoms with E-state index in [0.717, 1.165) is 18.5 Å². The lowest BCUT2D eigenvalue weighted by molar-refractivity contribution is -0.131. The van der Waals surface area contributed by atoms with E-state index in [1.807, 2.05) is 11.8 Å². The third-order valence-electron chi connectivity index (χ3n) is 6.00. The first-order chi connectivity index (χ1) is 15.5. The number of hydrogen-bond donors (Lipinski definition) is 1. The number of likely N-dealkylation sites (tertiary alicyclic amines) is 1. The summed E-state index contributed by atoms with van der Waals surface area (Å²) >= 11 is 0. The zero-order chi connectivity index (χ0) is 22.5. The number of hydrogen-bond acceptors (Lipinski definition) is 6. The number of rotatable bonds is 6. The van der Waals surface area contributed by atoms with Gasteiger partial charge < -0.3 is 24.5 Å². The number of aromatic nitrogens is 2. The molecule has 1 aromatic carbocycles. The molecule has 2 saturated heterocycles. The topological polar surface area (TPSA) is 94.8 Å². The Morgan fingerprint density at radius 2 is 1.91 bits per heavy atom. The van der Waals surface area contributed by atoms with Gasteiger partial charge in [-0.05, 0) is 44.0 Å². The number of anilines is 1. The Kier molecular flexibility index (Phi) is 6.87. The number of urea groups is 1. The van der Waals surface area contributed by atoms with E-state index in [4.69, 9.17) is 4.52 Å². The van der Waals surface area contributed by atoms with Crippen molar-refractivity contribution in [2.75, 3.05) is 44.2 Å². The molecule has 172 valence electrons. The van der Waals surface area contributed by atoms with Crippen LogP contribution in [0, 0.1) is 5.82 Å². The molecule has 2 fully saturated rings. The van der Waals surface area contributed by atoms with Crippen molar-refractivity contribution in [3.05, 3.63) is 41.8 Å². The van der Waals surface area contributed by atoms with Gasteiger partial charge >= 0.3 is 6.03 Å². The molecule has 2 aromatic rings. The molecule has 0 bridgehead atoms. The lowest BCUT2D eigenvalue weighted by Gasteiger charge is -2.36. The summed E-state index contributed by atoms with van der Waals surface area (Å²) in [7, 11) is 0. The summed E-state index contributed by atoms with van der Waals surface area (Å²) in [4.78, 5) is 35.0. The quantitative estimate of drug-likeness (QED) is 0.735. The molecule has 1 atom stereocenters. The van der Waals surface area contributed by atoms with Crippen LogP contribution in [0.15, 0.2) is 28.8 Å². The van der Waals surface area contributed by atoms with Gasteiger partial charge in [0.1, 0.15) is 5.82 Å². The van der Waals surface area contributed by atoms with E-state index in [-0.39, 0.29) is 23.8 Å². The Labute approximate surface area is 186 Å². The molecular formula is C22H29FN6O3. The van der Waals surface area contributed by atoms with Crippen LogP contribution in [0.25, 0.3) is 0 Å². The second-order valence-electron chi connectivity index (χ2n) is 8.08. The van der Waals surface area contributed by atoms with Crippen molar-refractivity contribution in [3.63, 3.8) is 0 Å². The van der Waals surface area contributed by atoms with Crippen molar-refractivity contribution in [2.24, 2.45) is 0 Å². The maximum Gasteiger partial charge on any atom is 0.318 e. The van der Waals surface area contributed by atoms with Gasteiger partial charge in [0.25, 0.3) is 0 Å². The van der Waals surface area contributed by atoms with E-state index in [9.17, 15) is 14.0 Å². The van der Waals surface area contributed by atoms with E-state index in [0.29, 0.717) is 63.8 Å². The van der Waals surface area contributed by atoms with Crippen LogP contribution in [0.1, 0.15) is 43.9 Å². The molecule has 4 rings (SSSR count). The number of carbonyl (C=O) groups excluding carboxylic acids is 2. The summed E-state index contributed by atoms with van der Waals surface area (Å²) in [6, 6.07) is 6.12. The van der Waals surface area contributed by atoms with Gasteiger partial charge in [0.05, 0.1) is 6.04 Å². The molecular weight excluding hydrogens is 415 g/mol. The van der Waals surface area contributed by atoms with Crippen LogP contribution in [0.2, 0.25) is 0 Å². The maximum absolute atomic E-state index is 13.1. The zero-order valence-corrected chi connectivity index (χ0v) is 18.3. The lowest BCUT2D eigenvalue weighted by atomic mass is 10.2. The lowest BCUT2D eigenvalue weighted by Crippen LogP contribution is -2.48. The SMILES string of the molecule is CCNC(=O)N1CCCC1c1noc(CCC(=O)N2CCN(c3ccc(F)cc3)CC2)n1. The highest BCUT2D eigenvalue weighted by Crippen LogP contribution is 2.30. The summed E-state index contributed by atoms with van der Waals surface area (Å²) in [5, 5.41) is 6.88. The second-order valence-corrected chi connectivity index (χ2v) is 8.08. The van der Waals surface area contributed by atoms with Crippen LogP contribution in [0.3, 0.4) is 0 Å². The monoisotopic (exact) mass is 444 g/mol. The fourth-order valence-electron chi connectivity index (χ4n) is 4.27. The molecule has 32 heavy (non-hydrogen) atoms. The number of amides is 3. The number of halogens is 1. The molecule has 10 heteroatoms. The van der Waals surface area contributed by atoms with E-state index in [2.05, 4.69) is 20.4 Å². The summed E-state index contributed by atoms with van der Waals surface area (Å²) < 4.78 is 18.5. The molecule has 3 amide bonds. The Bertz CT molecular complexity index is 926. The van der Waals surface area contributed by atoms with Crippen LogP contribution >= 0.6 is 0 Å². The average Bonchev–Trinajstić information content (AvgIpc) is 3.48. The van der Waals surface area contributed by atoms with Crippen molar-refractivity contribution < 1.29 is 18.5 Å². The molecule has 3 heterocycles. The van der Waals surface area contributed by atoms with Crippen molar-refractivity contribution in [2.45, 2.75) is 38.6 Å². The summed E-state index contributed by atoms with van der Waals surface area (Å²) in [5.41, 5.74) is 0.963. The first-order valence-electron chi connectivity index (χ1n) is 11.2. The van der Waals surface area contributed by atoms with Gasteiger partial charge in [-0.1, -0.05) is 5.16 Å². The minimum absolute atomic E-state index is 0.0494. The van der Waals surface area contributed by atoms with Gasteiger partial charge in [-0.2, -0.15) is 4.98 Å². The van der Waals surface area contributed by atoms with Crippen LogP contribution in [0.5, 0.6) is 0 Å². The van der Waals surface area contributed by atoms with E-state index in [1.165, 1.54) is 12.1 Å². The number of nitrogens with zero attached hydrogens (tertiary/aromatic N) is 5. The molecule has 1 aromatic heterocycles. The van der Waals surface area contributed by atoms with E-state index < -0.39 is 0 Å². The predicted octanol–water partition coefficient (Wildman–Crippen LogP) is 2.36. The highest BCUT2D eigenvalue weighted by Gasteiger charge is 2.33.